The number of unbranched alkanes of at least 4 members (excludes halogenated alkanes) is 25. The third-order valence-electron chi connectivity index (χ3n) is 8.34. The molecule has 0 spiro atoms. The zero-order valence-electron chi connectivity index (χ0n) is 28.5. The van der Waals surface area contributed by atoms with E-state index in [2.05, 4.69) is 26.0 Å². The van der Waals surface area contributed by atoms with Crippen LogP contribution in [0.4, 0.5) is 0 Å². The molecule has 0 heterocycles. The number of carbonyl (C=O) groups excluding carboxylic acids is 1. The zero-order valence-corrected chi connectivity index (χ0v) is 28.5. The molecule has 4 heteroatoms. The lowest BCUT2D eigenvalue weighted by atomic mass is 10.0. The van der Waals surface area contributed by atoms with Gasteiger partial charge in [0.1, 0.15) is 6.10 Å². The summed E-state index contributed by atoms with van der Waals surface area (Å²) in [5.74, 6) is -0.200. The van der Waals surface area contributed by atoms with E-state index in [4.69, 9.17) is 9.47 Å². The molecular weight excluding hydrogens is 520 g/mol. The molecule has 0 amide bonds. The molecule has 1 atom stereocenters. The minimum absolute atomic E-state index is 0.169. The van der Waals surface area contributed by atoms with Crippen molar-refractivity contribution in [2.45, 2.75) is 206 Å². The Morgan fingerprint density at radius 2 is 0.929 bits per heavy atom. The molecule has 0 saturated carbocycles. The van der Waals surface area contributed by atoms with Crippen LogP contribution in [-0.4, -0.2) is 37.0 Å². The van der Waals surface area contributed by atoms with Gasteiger partial charge in [-0.2, -0.15) is 0 Å². The normalized spacial score (nSPS) is 12.4. The van der Waals surface area contributed by atoms with Gasteiger partial charge in [-0.25, -0.2) is 0 Å². The maximum absolute atomic E-state index is 12.1. The van der Waals surface area contributed by atoms with E-state index in [0.717, 1.165) is 19.3 Å². The van der Waals surface area contributed by atoms with Crippen LogP contribution in [0.1, 0.15) is 200 Å². The van der Waals surface area contributed by atoms with Gasteiger partial charge in [-0.05, 0) is 38.5 Å². The van der Waals surface area contributed by atoms with E-state index in [9.17, 15) is 9.90 Å². The van der Waals surface area contributed by atoms with Crippen LogP contribution in [-0.2, 0) is 14.3 Å². The van der Waals surface area contributed by atoms with Gasteiger partial charge in [-0.1, -0.05) is 167 Å². The van der Waals surface area contributed by atoms with Crippen LogP contribution in [0.25, 0.3) is 0 Å². The largest absolute Gasteiger partial charge is 0.457 e. The van der Waals surface area contributed by atoms with Crippen LogP contribution >= 0.6 is 0 Å². The number of ether oxygens (including phenoxy) is 2. The maximum Gasteiger partial charge on any atom is 0.306 e. The van der Waals surface area contributed by atoms with Crippen LogP contribution in [0.15, 0.2) is 12.2 Å². The third-order valence-corrected chi connectivity index (χ3v) is 8.34. The van der Waals surface area contributed by atoms with Gasteiger partial charge in [0.05, 0.1) is 13.2 Å². The van der Waals surface area contributed by atoms with Crippen molar-refractivity contribution in [1.29, 1.82) is 0 Å². The molecule has 1 unspecified atom stereocenters. The smallest absolute Gasteiger partial charge is 0.306 e. The summed E-state index contributed by atoms with van der Waals surface area (Å²) in [5.41, 5.74) is 0. The number of hydrogen-bond donors (Lipinski definition) is 1. The fourth-order valence-corrected chi connectivity index (χ4v) is 5.50. The average Bonchev–Trinajstić information content (AvgIpc) is 3.00. The summed E-state index contributed by atoms with van der Waals surface area (Å²) in [4.78, 5) is 12.1. The molecule has 0 radical (unpaired) electrons. The standard InChI is InChI=1S/C38H74O4/c1-3-5-7-9-11-13-15-17-19-21-23-25-27-29-31-33-38(40)42-37(35-39)36-41-34-32-30-28-26-24-22-20-18-16-14-12-10-8-6-4-2/h16,18,37,39H,3-15,17,19-36H2,1-2H3/b18-16-. The number of rotatable bonds is 35. The Morgan fingerprint density at radius 3 is 1.36 bits per heavy atom. The van der Waals surface area contributed by atoms with Gasteiger partial charge in [0.2, 0.25) is 0 Å². The van der Waals surface area contributed by atoms with Crippen LogP contribution in [0.2, 0.25) is 0 Å². The monoisotopic (exact) mass is 595 g/mol. The second-order valence-electron chi connectivity index (χ2n) is 12.7. The summed E-state index contributed by atoms with van der Waals surface area (Å²) >= 11 is 0. The molecule has 0 bridgehead atoms. The lowest BCUT2D eigenvalue weighted by Gasteiger charge is -2.15. The highest BCUT2D eigenvalue weighted by atomic mass is 16.6. The van der Waals surface area contributed by atoms with Crippen molar-refractivity contribution in [2.24, 2.45) is 0 Å². The predicted octanol–water partition coefficient (Wildman–Crippen LogP) is 11.8. The predicted molar refractivity (Wildman–Crippen MR) is 182 cm³/mol. The van der Waals surface area contributed by atoms with Gasteiger partial charge in [-0.15, -0.1) is 0 Å². The Bertz CT molecular complexity index is 547. The number of allylic oxidation sites excluding steroid dienone is 2. The number of esters is 1. The van der Waals surface area contributed by atoms with Gasteiger partial charge < -0.3 is 14.6 Å². The van der Waals surface area contributed by atoms with Crippen molar-refractivity contribution in [2.75, 3.05) is 19.8 Å². The summed E-state index contributed by atoms with van der Waals surface area (Å²) in [5, 5.41) is 9.55. The molecule has 1 N–H and O–H groups in total. The van der Waals surface area contributed by atoms with E-state index < -0.39 is 6.10 Å². The van der Waals surface area contributed by atoms with Crippen molar-refractivity contribution >= 4 is 5.97 Å². The Morgan fingerprint density at radius 1 is 0.548 bits per heavy atom. The van der Waals surface area contributed by atoms with Crippen LogP contribution in [0, 0.1) is 0 Å². The topological polar surface area (TPSA) is 55.8 Å². The van der Waals surface area contributed by atoms with Gasteiger partial charge in [-0.3, -0.25) is 4.79 Å². The first-order valence-electron chi connectivity index (χ1n) is 18.8. The van der Waals surface area contributed by atoms with Gasteiger partial charge >= 0.3 is 5.97 Å². The van der Waals surface area contributed by atoms with Gasteiger partial charge in [0.15, 0.2) is 0 Å². The molecule has 0 aliphatic heterocycles. The first-order chi connectivity index (χ1) is 20.7. The fourth-order valence-electron chi connectivity index (χ4n) is 5.50. The van der Waals surface area contributed by atoms with Crippen LogP contribution < -0.4 is 0 Å². The summed E-state index contributed by atoms with van der Waals surface area (Å²) in [6.07, 6.45) is 41.0. The highest BCUT2D eigenvalue weighted by Gasteiger charge is 2.13. The molecule has 0 fully saturated rings. The summed E-state index contributed by atoms with van der Waals surface area (Å²) in [6.45, 7) is 5.35. The van der Waals surface area contributed by atoms with Crippen molar-refractivity contribution < 1.29 is 19.4 Å². The molecular formula is C38H74O4. The second kappa shape index (κ2) is 36.3. The van der Waals surface area contributed by atoms with E-state index in [1.807, 2.05) is 0 Å². The van der Waals surface area contributed by atoms with Crippen LogP contribution in [0.5, 0.6) is 0 Å². The van der Waals surface area contributed by atoms with Gasteiger partial charge in [0, 0.05) is 13.0 Å². The molecule has 0 aromatic carbocycles. The molecule has 42 heavy (non-hydrogen) atoms. The minimum atomic E-state index is -0.529. The van der Waals surface area contributed by atoms with Gasteiger partial charge in [0.25, 0.3) is 0 Å². The molecule has 250 valence electrons. The first kappa shape index (κ1) is 41.1. The Labute approximate surface area is 263 Å². The van der Waals surface area contributed by atoms with E-state index in [1.54, 1.807) is 0 Å². The van der Waals surface area contributed by atoms with Crippen molar-refractivity contribution in [3.8, 4) is 0 Å². The molecule has 0 aliphatic rings. The van der Waals surface area contributed by atoms with E-state index in [0.29, 0.717) is 19.6 Å². The molecule has 0 rings (SSSR count). The van der Waals surface area contributed by atoms with Crippen molar-refractivity contribution in [3.63, 3.8) is 0 Å². The highest BCUT2D eigenvalue weighted by Crippen LogP contribution is 2.14. The number of carbonyl (C=O) groups is 1. The number of aliphatic hydroxyl groups is 1. The maximum atomic E-state index is 12.1. The quantitative estimate of drug-likeness (QED) is 0.0450. The van der Waals surface area contributed by atoms with Crippen LogP contribution in [0.3, 0.4) is 0 Å². The Hall–Kier alpha value is -0.870. The van der Waals surface area contributed by atoms with E-state index in [1.165, 1.54) is 161 Å². The zero-order chi connectivity index (χ0) is 30.6. The Kier molecular flexibility index (Phi) is 35.6. The molecule has 0 aromatic rings. The summed E-state index contributed by atoms with van der Waals surface area (Å²) < 4.78 is 11.1. The minimum Gasteiger partial charge on any atom is -0.457 e. The lowest BCUT2D eigenvalue weighted by Crippen LogP contribution is -2.27. The average molecular weight is 595 g/mol. The van der Waals surface area contributed by atoms with E-state index in [-0.39, 0.29) is 12.6 Å². The van der Waals surface area contributed by atoms with Crippen molar-refractivity contribution in [1.82, 2.24) is 0 Å². The molecule has 0 aliphatic carbocycles. The first-order valence-corrected chi connectivity index (χ1v) is 18.8. The number of aliphatic hydroxyl groups excluding tert-OH is 1. The summed E-state index contributed by atoms with van der Waals surface area (Å²) in [7, 11) is 0. The van der Waals surface area contributed by atoms with E-state index >= 15 is 0 Å². The second-order valence-corrected chi connectivity index (χ2v) is 12.7. The highest BCUT2D eigenvalue weighted by molar-refractivity contribution is 5.69. The molecule has 0 saturated heterocycles. The lowest BCUT2D eigenvalue weighted by molar-refractivity contribution is -0.154. The molecule has 4 nitrogen and oxygen atoms in total. The third kappa shape index (κ3) is 33.6. The van der Waals surface area contributed by atoms with Crippen molar-refractivity contribution in [3.05, 3.63) is 12.2 Å². The summed E-state index contributed by atoms with van der Waals surface area (Å²) in [6, 6.07) is 0. The SMILES string of the molecule is CCCCCCC/C=C\CCCCCCCCOCC(CO)OC(=O)CCCCCCCCCCCCCCCCC. The Balaban J connectivity index is 3.41. The fraction of sp³-hybridized carbons (Fsp3) is 0.921. The number of hydrogen-bond acceptors (Lipinski definition) is 4. The molecule has 0 aromatic heterocycles.